The standard InChI is InChI=1S/C17H23N3O3/c1-11(2)17(21)20(12(3)4)10-15-18-16(19-23-15)13-6-8-14(22-5)9-7-13/h6-9,11-12H,10H2,1-5H3. The highest BCUT2D eigenvalue weighted by atomic mass is 16.5. The first-order chi connectivity index (χ1) is 10.9. The molecule has 0 radical (unpaired) electrons. The maximum Gasteiger partial charge on any atom is 0.246 e. The lowest BCUT2D eigenvalue weighted by Gasteiger charge is -2.26. The highest BCUT2D eigenvalue weighted by Crippen LogP contribution is 2.20. The Balaban J connectivity index is 2.15. The van der Waals surface area contributed by atoms with Gasteiger partial charge in [-0.05, 0) is 38.1 Å². The van der Waals surface area contributed by atoms with Gasteiger partial charge in [0.05, 0.1) is 7.11 Å². The van der Waals surface area contributed by atoms with Crippen LogP contribution < -0.4 is 4.74 Å². The van der Waals surface area contributed by atoms with Crippen LogP contribution >= 0.6 is 0 Å². The Bertz CT molecular complexity index is 647. The first-order valence-corrected chi connectivity index (χ1v) is 7.70. The normalized spacial score (nSPS) is 11.1. The molecule has 0 aliphatic carbocycles. The number of amides is 1. The second-order valence-electron chi connectivity index (χ2n) is 5.95. The SMILES string of the molecule is COc1ccc(-c2noc(CN(C(=O)C(C)C)C(C)C)n2)cc1. The fourth-order valence-electron chi connectivity index (χ4n) is 2.17. The number of aromatic nitrogens is 2. The van der Waals surface area contributed by atoms with Gasteiger partial charge in [0.1, 0.15) is 12.3 Å². The van der Waals surface area contributed by atoms with Gasteiger partial charge < -0.3 is 14.2 Å². The summed E-state index contributed by atoms with van der Waals surface area (Å²) in [6.07, 6.45) is 0. The van der Waals surface area contributed by atoms with Crippen LogP contribution in [-0.4, -0.2) is 34.1 Å². The molecule has 23 heavy (non-hydrogen) atoms. The molecule has 2 aromatic rings. The maximum absolute atomic E-state index is 12.3. The van der Waals surface area contributed by atoms with Gasteiger partial charge in [0.25, 0.3) is 0 Å². The topological polar surface area (TPSA) is 68.5 Å². The predicted molar refractivity (Wildman–Crippen MR) is 86.8 cm³/mol. The van der Waals surface area contributed by atoms with Crippen LogP contribution in [0.3, 0.4) is 0 Å². The Morgan fingerprint density at radius 1 is 1.22 bits per heavy atom. The van der Waals surface area contributed by atoms with Crippen molar-refractivity contribution in [1.82, 2.24) is 15.0 Å². The lowest BCUT2D eigenvalue weighted by molar-refractivity contribution is -0.137. The molecule has 0 aliphatic rings. The van der Waals surface area contributed by atoms with Gasteiger partial charge in [0, 0.05) is 17.5 Å². The van der Waals surface area contributed by atoms with Crippen LogP contribution in [0.15, 0.2) is 28.8 Å². The van der Waals surface area contributed by atoms with Gasteiger partial charge >= 0.3 is 0 Å². The van der Waals surface area contributed by atoms with Crippen LogP contribution in [0.25, 0.3) is 11.4 Å². The van der Waals surface area contributed by atoms with E-state index in [-0.39, 0.29) is 17.9 Å². The number of methoxy groups -OCH3 is 1. The summed E-state index contributed by atoms with van der Waals surface area (Å²) in [7, 11) is 1.62. The Hall–Kier alpha value is -2.37. The second kappa shape index (κ2) is 7.26. The fraction of sp³-hybridized carbons (Fsp3) is 0.471. The fourth-order valence-corrected chi connectivity index (χ4v) is 2.17. The minimum atomic E-state index is -0.0682. The number of nitrogens with zero attached hydrogens (tertiary/aromatic N) is 3. The quantitative estimate of drug-likeness (QED) is 0.818. The predicted octanol–water partition coefficient (Wildman–Crippen LogP) is 3.14. The van der Waals surface area contributed by atoms with Crippen LogP contribution in [-0.2, 0) is 11.3 Å². The Morgan fingerprint density at radius 2 is 1.87 bits per heavy atom. The third-order valence-electron chi connectivity index (χ3n) is 3.52. The van der Waals surface area contributed by atoms with Crippen molar-refractivity contribution in [2.75, 3.05) is 7.11 Å². The summed E-state index contributed by atoms with van der Waals surface area (Å²) in [4.78, 5) is 18.4. The average Bonchev–Trinajstić information content (AvgIpc) is 3.00. The smallest absolute Gasteiger partial charge is 0.246 e. The molecule has 1 amide bonds. The van der Waals surface area contributed by atoms with Crippen LogP contribution in [0.1, 0.15) is 33.6 Å². The summed E-state index contributed by atoms with van der Waals surface area (Å²) in [5.41, 5.74) is 0.840. The summed E-state index contributed by atoms with van der Waals surface area (Å²) in [5, 5.41) is 3.99. The van der Waals surface area contributed by atoms with Crippen molar-refractivity contribution in [2.24, 2.45) is 5.92 Å². The zero-order chi connectivity index (χ0) is 17.0. The van der Waals surface area contributed by atoms with E-state index in [4.69, 9.17) is 9.26 Å². The molecule has 1 aromatic heterocycles. The number of rotatable bonds is 6. The zero-order valence-corrected chi connectivity index (χ0v) is 14.2. The van der Waals surface area contributed by atoms with Gasteiger partial charge in [0.15, 0.2) is 0 Å². The summed E-state index contributed by atoms with van der Waals surface area (Å²) >= 11 is 0. The molecule has 0 spiro atoms. The van der Waals surface area contributed by atoms with E-state index in [0.717, 1.165) is 11.3 Å². The summed E-state index contributed by atoms with van der Waals surface area (Å²) in [5.74, 6) is 1.71. The first-order valence-electron chi connectivity index (χ1n) is 7.70. The third-order valence-corrected chi connectivity index (χ3v) is 3.52. The van der Waals surface area contributed by atoms with Gasteiger partial charge in [-0.15, -0.1) is 0 Å². The highest BCUT2D eigenvalue weighted by Gasteiger charge is 2.22. The molecule has 124 valence electrons. The minimum Gasteiger partial charge on any atom is -0.497 e. The Labute approximate surface area is 136 Å². The molecule has 6 heteroatoms. The van der Waals surface area contributed by atoms with E-state index >= 15 is 0 Å². The van der Waals surface area contributed by atoms with Gasteiger partial charge in [-0.1, -0.05) is 19.0 Å². The number of benzene rings is 1. The van der Waals surface area contributed by atoms with Crippen molar-refractivity contribution in [3.05, 3.63) is 30.2 Å². The van der Waals surface area contributed by atoms with Crippen molar-refractivity contribution >= 4 is 5.91 Å². The largest absolute Gasteiger partial charge is 0.497 e. The third kappa shape index (κ3) is 4.09. The van der Waals surface area contributed by atoms with Crippen molar-refractivity contribution in [3.63, 3.8) is 0 Å². The zero-order valence-electron chi connectivity index (χ0n) is 14.2. The van der Waals surface area contributed by atoms with E-state index in [9.17, 15) is 4.79 Å². The molecule has 0 atom stereocenters. The molecule has 0 fully saturated rings. The Kier molecular flexibility index (Phi) is 5.36. The lowest BCUT2D eigenvalue weighted by atomic mass is 10.1. The van der Waals surface area contributed by atoms with E-state index in [2.05, 4.69) is 10.1 Å². The summed E-state index contributed by atoms with van der Waals surface area (Å²) in [6.45, 7) is 8.03. The van der Waals surface area contributed by atoms with Crippen LogP contribution in [0.2, 0.25) is 0 Å². The molecule has 0 aliphatic heterocycles. The van der Waals surface area contributed by atoms with Crippen molar-refractivity contribution < 1.29 is 14.1 Å². The molecule has 1 heterocycles. The number of carbonyl (C=O) groups excluding carboxylic acids is 1. The van der Waals surface area contributed by atoms with Gasteiger partial charge in [-0.25, -0.2) is 0 Å². The lowest BCUT2D eigenvalue weighted by Crippen LogP contribution is -2.39. The molecule has 1 aromatic carbocycles. The molecule has 0 bridgehead atoms. The molecular formula is C17H23N3O3. The first kappa shape index (κ1) is 17.0. The van der Waals surface area contributed by atoms with Gasteiger partial charge in [-0.2, -0.15) is 4.98 Å². The monoisotopic (exact) mass is 317 g/mol. The maximum atomic E-state index is 12.3. The highest BCUT2D eigenvalue weighted by molar-refractivity contribution is 5.78. The Morgan fingerprint density at radius 3 is 2.39 bits per heavy atom. The van der Waals surface area contributed by atoms with Crippen molar-refractivity contribution in [2.45, 2.75) is 40.3 Å². The molecule has 0 N–H and O–H groups in total. The number of hydrogen-bond donors (Lipinski definition) is 0. The average molecular weight is 317 g/mol. The number of carbonyl (C=O) groups is 1. The number of ether oxygens (including phenoxy) is 1. The summed E-state index contributed by atoms with van der Waals surface area (Å²) in [6, 6.07) is 7.49. The molecule has 0 saturated carbocycles. The molecule has 2 rings (SSSR count). The van der Waals surface area contributed by atoms with Gasteiger partial charge in [-0.3, -0.25) is 4.79 Å². The van der Waals surface area contributed by atoms with E-state index in [1.165, 1.54) is 0 Å². The molecule has 6 nitrogen and oxygen atoms in total. The van der Waals surface area contributed by atoms with Crippen molar-refractivity contribution in [3.8, 4) is 17.1 Å². The summed E-state index contributed by atoms with van der Waals surface area (Å²) < 4.78 is 10.4. The van der Waals surface area contributed by atoms with E-state index < -0.39 is 0 Å². The number of hydrogen-bond acceptors (Lipinski definition) is 5. The van der Waals surface area contributed by atoms with Crippen molar-refractivity contribution in [1.29, 1.82) is 0 Å². The minimum absolute atomic E-state index is 0.0682. The van der Waals surface area contributed by atoms with Crippen LogP contribution in [0, 0.1) is 5.92 Å². The second-order valence-corrected chi connectivity index (χ2v) is 5.95. The van der Waals surface area contributed by atoms with Crippen LogP contribution in [0.4, 0.5) is 0 Å². The van der Waals surface area contributed by atoms with E-state index in [0.29, 0.717) is 18.3 Å². The molecule has 0 saturated heterocycles. The van der Waals surface area contributed by atoms with Crippen LogP contribution in [0.5, 0.6) is 5.75 Å². The van der Waals surface area contributed by atoms with E-state index in [1.807, 2.05) is 52.0 Å². The molecule has 0 unspecified atom stereocenters. The van der Waals surface area contributed by atoms with E-state index in [1.54, 1.807) is 12.0 Å². The van der Waals surface area contributed by atoms with Gasteiger partial charge in [0.2, 0.25) is 17.6 Å². The molecular weight excluding hydrogens is 294 g/mol.